The molecule has 3 rings (SSSR count). The van der Waals surface area contributed by atoms with Crippen LogP contribution in [-0.4, -0.2) is 0 Å². The maximum absolute atomic E-state index is 4.36. The molecule has 0 aromatic heterocycles. The summed E-state index contributed by atoms with van der Waals surface area (Å²) >= 11 is 0. The third-order valence-corrected chi connectivity index (χ3v) is 8.40. The van der Waals surface area contributed by atoms with E-state index in [0.29, 0.717) is 5.41 Å². The van der Waals surface area contributed by atoms with Gasteiger partial charge in [-0.05, 0) is 86.4 Å². The van der Waals surface area contributed by atoms with Crippen molar-refractivity contribution in [1.82, 2.24) is 0 Å². The maximum Gasteiger partial charge on any atom is -0.0152 e. The topological polar surface area (TPSA) is 0 Å². The normalized spacial score (nSPS) is 46.3. The highest BCUT2D eigenvalue weighted by molar-refractivity contribution is 5.13. The molecule has 0 nitrogen and oxygen atoms in total. The third kappa shape index (κ3) is 2.93. The summed E-state index contributed by atoms with van der Waals surface area (Å²) in [5.74, 6) is 6.01. The van der Waals surface area contributed by atoms with Crippen molar-refractivity contribution in [2.45, 2.75) is 91.9 Å². The second-order valence-electron chi connectivity index (χ2n) is 9.53. The molecular formula is C23H40. The van der Waals surface area contributed by atoms with Gasteiger partial charge in [-0.25, -0.2) is 0 Å². The molecule has 3 fully saturated rings. The monoisotopic (exact) mass is 316 g/mol. The lowest BCUT2D eigenvalue weighted by Crippen LogP contribution is -2.47. The maximum atomic E-state index is 4.36. The fourth-order valence-corrected chi connectivity index (χ4v) is 7.56. The minimum absolute atomic E-state index is 0.585. The standard InChI is InChI=1S/C23H40/c1-6-8-17-10-11-20-19(18(17)9-7-2)14-15-23(5)21(16(3)4)12-13-22(20)23/h17-22H,3,6-15H2,1-2,4-5H3. The molecule has 23 heavy (non-hydrogen) atoms. The van der Waals surface area contributed by atoms with Crippen LogP contribution in [-0.2, 0) is 0 Å². The average molecular weight is 317 g/mol. The molecule has 3 aliphatic rings. The highest BCUT2D eigenvalue weighted by Gasteiger charge is 2.56. The molecule has 0 bridgehead atoms. The molecule has 132 valence electrons. The van der Waals surface area contributed by atoms with E-state index in [1.54, 1.807) is 6.42 Å². The van der Waals surface area contributed by atoms with Gasteiger partial charge in [-0.1, -0.05) is 58.6 Å². The van der Waals surface area contributed by atoms with E-state index in [0.717, 1.165) is 35.5 Å². The van der Waals surface area contributed by atoms with Gasteiger partial charge >= 0.3 is 0 Å². The Morgan fingerprint density at radius 2 is 1.70 bits per heavy atom. The highest BCUT2D eigenvalue weighted by atomic mass is 14.6. The summed E-state index contributed by atoms with van der Waals surface area (Å²) in [5.41, 5.74) is 2.06. The Kier molecular flexibility index (Phi) is 5.29. The first-order valence-electron chi connectivity index (χ1n) is 10.7. The zero-order valence-electron chi connectivity index (χ0n) is 16.2. The average Bonchev–Trinajstić information content (AvgIpc) is 2.87. The van der Waals surface area contributed by atoms with E-state index in [9.17, 15) is 0 Å². The van der Waals surface area contributed by atoms with Crippen LogP contribution >= 0.6 is 0 Å². The molecule has 0 aromatic carbocycles. The smallest absolute Gasteiger partial charge is 0.0152 e. The lowest BCUT2D eigenvalue weighted by Gasteiger charge is -2.55. The first-order valence-corrected chi connectivity index (χ1v) is 10.7. The van der Waals surface area contributed by atoms with Crippen molar-refractivity contribution in [3.63, 3.8) is 0 Å². The number of rotatable bonds is 5. The van der Waals surface area contributed by atoms with E-state index < -0.39 is 0 Å². The van der Waals surface area contributed by atoms with Crippen LogP contribution in [0, 0.1) is 40.9 Å². The van der Waals surface area contributed by atoms with Crippen LogP contribution in [0.4, 0.5) is 0 Å². The van der Waals surface area contributed by atoms with Gasteiger partial charge in [-0.15, -0.1) is 0 Å². The number of hydrogen-bond acceptors (Lipinski definition) is 0. The van der Waals surface area contributed by atoms with Crippen LogP contribution in [0.15, 0.2) is 12.2 Å². The Labute approximate surface area is 145 Å². The van der Waals surface area contributed by atoms with E-state index in [-0.39, 0.29) is 0 Å². The molecule has 0 saturated heterocycles. The number of hydrogen-bond donors (Lipinski definition) is 0. The van der Waals surface area contributed by atoms with Gasteiger partial charge in [0.05, 0.1) is 0 Å². The largest absolute Gasteiger partial charge is 0.0998 e. The van der Waals surface area contributed by atoms with E-state index in [1.165, 1.54) is 63.4 Å². The van der Waals surface area contributed by atoms with Gasteiger partial charge in [0, 0.05) is 0 Å². The molecule has 0 heteroatoms. The Hall–Kier alpha value is -0.260. The zero-order chi connectivity index (χ0) is 16.6. The first-order chi connectivity index (χ1) is 11.0. The van der Waals surface area contributed by atoms with E-state index in [4.69, 9.17) is 0 Å². The van der Waals surface area contributed by atoms with Crippen molar-refractivity contribution in [1.29, 1.82) is 0 Å². The van der Waals surface area contributed by atoms with Gasteiger partial charge in [0.25, 0.3) is 0 Å². The van der Waals surface area contributed by atoms with Crippen molar-refractivity contribution in [2.75, 3.05) is 0 Å². The summed E-state index contributed by atoms with van der Waals surface area (Å²) in [6.07, 6.45) is 14.8. The van der Waals surface area contributed by atoms with Gasteiger partial charge in [0.15, 0.2) is 0 Å². The first kappa shape index (κ1) is 17.6. The highest BCUT2D eigenvalue weighted by Crippen LogP contribution is 2.64. The molecule has 0 spiro atoms. The fraction of sp³-hybridized carbons (Fsp3) is 0.913. The lowest BCUT2D eigenvalue weighted by atomic mass is 9.50. The molecule has 3 saturated carbocycles. The Bertz CT molecular complexity index is 422. The minimum Gasteiger partial charge on any atom is -0.0998 e. The number of fused-ring (bicyclic) bond motifs is 3. The van der Waals surface area contributed by atoms with E-state index in [2.05, 4.69) is 34.3 Å². The molecule has 7 unspecified atom stereocenters. The van der Waals surface area contributed by atoms with Crippen molar-refractivity contribution in [2.24, 2.45) is 40.9 Å². The minimum atomic E-state index is 0.585. The molecule has 3 aliphatic carbocycles. The predicted octanol–water partition coefficient (Wildman–Crippen LogP) is 7.25. The summed E-state index contributed by atoms with van der Waals surface area (Å²) in [6.45, 7) is 14.1. The molecule has 0 aromatic rings. The van der Waals surface area contributed by atoms with Crippen LogP contribution in [0.5, 0.6) is 0 Å². The van der Waals surface area contributed by atoms with Crippen molar-refractivity contribution in [3.8, 4) is 0 Å². The number of allylic oxidation sites excluding steroid dienone is 1. The van der Waals surface area contributed by atoms with Crippen LogP contribution in [0.3, 0.4) is 0 Å². The summed E-state index contributed by atoms with van der Waals surface area (Å²) in [4.78, 5) is 0. The van der Waals surface area contributed by atoms with Crippen LogP contribution in [0.1, 0.15) is 91.9 Å². The van der Waals surface area contributed by atoms with Gasteiger partial charge < -0.3 is 0 Å². The van der Waals surface area contributed by atoms with Gasteiger partial charge in [-0.3, -0.25) is 0 Å². The van der Waals surface area contributed by atoms with Crippen molar-refractivity contribution < 1.29 is 0 Å². The quantitative estimate of drug-likeness (QED) is 0.469. The Morgan fingerprint density at radius 1 is 0.957 bits per heavy atom. The van der Waals surface area contributed by atoms with Crippen molar-refractivity contribution in [3.05, 3.63) is 12.2 Å². The summed E-state index contributed by atoms with van der Waals surface area (Å²) < 4.78 is 0. The summed E-state index contributed by atoms with van der Waals surface area (Å²) in [7, 11) is 0. The van der Waals surface area contributed by atoms with Gasteiger partial charge in [-0.2, -0.15) is 0 Å². The van der Waals surface area contributed by atoms with Crippen molar-refractivity contribution >= 4 is 0 Å². The molecule has 7 atom stereocenters. The van der Waals surface area contributed by atoms with Gasteiger partial charge in [0.2, 0.25) is 0 Å². The zero-order valence-corrected chi connectivity index (χ0v) is 16.2. The van der Waals surface area contributed by atoms with Gasteiger partial charge in [0.1, 0.15) is 0 Å². The predicted molar refractivity (Wildman–Crippen MR) is 101 cm³/mol. The Morgan fingerprint density at radius 3 is 2.35 bits per heavy atom. The summed E-state index contributed by atoms with van der Waals surface area (Å²) in [6, 6.07) is 0. The molecule has 0 heterocycles. The van der Waals surface area contributed by atoms with E-state index in [1.807, 2.05) is 0 Å². The van der Waals surface area contributed by atoms with Crippen LogP contribution in [0.25, 0.3) is 0 Å². The van der Waals surface area contributed by atoms with Crippen LogP contribution < -0.4 is 0 Å². The fourth-order valence-electron chi connectivity index (χ4n) is 7.56. The summed E-state index contributed by atoms with van der Waals surface area (Å²) in [5, 5.41) is 0. The molecular weight excluding hydrogens is 276 g/mol. The molecule has 0 aliphatic heterocycles. The molecule has 0 N–H and O–H groups in total. The van der Waals surface area contributed by atoms with E-state index >= 15 is 0 Å². The van der Waals surface area contributed by atoms with Crippen LogP contribution in [0.2, 0.25) is 0 Å². The lowest BCUT2D eigenvalue weighted by molar-refractivity contribution is -0.0510. The second-order valence-corrected chi connectivity index (χ2v) is 9.53. The SMILES string of the molecule is C=C(C)C1CCC2C3CCC(CCC)C(CCC)C3CCC12C. The molecule has 0 radical (unpaired) electrons. The second kappa shape index (κ2) is 6.93. The third-order valence-electron chi connectivity index (χ3n) is 8.40. The molecule has 0 amide bonds. The Balaban J connectivity index is 1.81.